The highest BCUT2D eigenvalue weighted by Crippen LogP contribution is 2.52. The van der Waals surface area contributed by atoms with Crippen LogP contribution in [0.4, 0.5) is 0 Å². The molecule has 4 nitrogen and oxygen atoms in total. The third-order valence-electron chi connectivity index (χ3n) is 4.86. The second-order valence-corrected chi connectivity index (χ2v) is 7.02. The van der Waals surface area contributed by atoms with Crippen molar-refractivity contribution in [2.24, 2.45) is 17.3 Å². The minimum Gasteiger partial charge on any atom is -0.341 e. The van der Waals surface area contributed by atoms with Crippen LogP contribution in [0.1, 0.15) is 39.5 Å². The predicted molar refractivity (Wildman–Crippen MR) is 72.4 cm³/mol. The topological polar surface area (TPSA) is 40.6 Å². The van der Waals surface area contributed by atoms with Gasteiger partial charge >= 0.3 is 0 Å². The SMILES string of the molecule is CC1(C)C[C@@H]1C(=O)N1CCCN(C(=O)C2CC2)CC1. The van der Waals surface area contributed by atoms with E-state index in [-0.39, 0.29) is 11.3 Å². The van der Waals surface area contributed by atoms with Crippen LogP contribution in [0.15, 0.2) is 0 Å². The van der Waals surface area contributed by atoms with Crippen molar-refractivity contribution >= 4 is 11.8 Å². The van der Waals surface area contributed by atoms with Gasteiger partial charge in [-0.1, -0.05) is 13.8 Å². The Morgan fingerprint density at radius 1 is 0.947 bits per heavy atom. The van der Waals surface area contributed by atoms with E-state index in [1.165, 1.54) is 0 Å². The first-order chi connectivity index (χ1) is 8.99. The van der Waals surface area contributed by atoms with Crippen LogP contribution in [-0.4, -0.2) is 47.8 Å². The molecule has 19 heavy (non-hydrogen) atoms. The van der Waals surface area contributed by atoms with Gasteiger partial charge in [0.05, 0.1) is 0 Å². The predicted octanol–water partition coefficient (Wildman–Crippen LogP) is 1.50. The Morgan fingerprint density at radius 3 is 1.95 bits per heavy atom. The molecule has 3 aliphatic rings. The molecule has 0 spiro atoms. The summed E-state index contributed by atoms with van der Waals surface area (Å²) >= 11 is 0. The lowest BCUT2D eigenvalue weighted by Gasteiger charge is -2.22. The van der Waals surface area contributed by atoms with E-state index in [1.54, 1.807) is 0 Å². The normalized spacial score (nSPS) is 29.9. The summed E-state index contributed by atoms with van der Waals surface area (Å²) in [5.74, 6) is 1.15. The molecule has 0 radical (unpaired) electrons. The number of hydrogen-bond acceptors (Lipinski definition) is 2. The molecule has 1 heterocycles. The zero-order valence-corrected chi connectivity index (χ0v) is 12.0. The van der Waals surface area contributed by atoms with Crippen LogP contribution in [0.25, 0.3) is 0 Å². The van der Waals surface area contributed by atoms with E-state index in [2.05, 4.69) is 13.8 Å². The number of amides is 2. The van der Waals surface area contributed by atoms with Crippen molar-refractivity contribution in [2.45, 2.75) is 39.5 Å². The molecule has 106 valence electrons. The Bertz CT molecular complexity index is 401. The zero-order valence-electron chi connectivity index (χ0n) is 12.0. The van der Waals surface area contributed by atoms with Gasteiger partial charge in [0, 0.05) is 38.0 Å². The minimum absolute atomic E-state index is 0.201. The lowest BCUT2D eigenvalue weighted by Crippen LogP contribution is -2.38. The van der Waals surface area contributed by atoms with Crippen molar-refractivity contribution in [3.8, 4) is 0 Å². The summed E-state index contributed by atoms with van der Waals surface area (Å²) in [5.41, 5.74) is 0.201. The summed E-state index contributed by atoms with van der Waals surface area (Å²) < 4.78 is 0. The number of hydrogen-bond donors (Lipinski definition) is 0. The van der Waals surface area contributed by atoms with Gasteiger partial charge in [-0.3, -0.25) is 9.59 Å². The lowest BCUT2D eigenvalue weighted by molar-refractivity contribution is -0.135. The molecule has 2 aliphatic carbocycles. The van der Waals surface area contributed by atoms with Crippen LogP contribution < -0.4 is 0 Å². The van der Waals surface area contributed by atoms with E-state index < -0.39 is 0 Å². The molecule has 0 aromatic heterocycles. The molecular weight excluding hydrogens is 240 g/mol. The molecule has 3 rings (SSSR count). The van der Waals surface area contributed by atoms with E-state index in [4.69, 9.17) is 0 Å². The Hall–Kier alpha value is -1.06. The quantitative estimate of drug-likeness (QED) is 0.758. The Morgan fingerprint density at radius 2 is 1.47 bits per heavy atom. The fourth-order valence-electron chi connectivity index (χ4n) is 3.06. The van der Waals surface area contributed by atoms with Crippen molar-refractivity contribution in [3.05, 3.63) is 0 Å². The molecule has 2 saturated carbocycles. The average Bonchev–Trinajstić information content (AvgIpc) is 3.24. The Balaban J connectivity index is 1.55. The van der Waals surface area contributed by atoms with Crippen molar-refractivity contribution in [2.75, 3.05) is 26.2 Å². The summed E-state index contributed by atoms with van der Waals surface area (Å²) in [6, 6.07) is 0. The molecule has 0 bridgehead atoms. The number of nitrogens with zero attached hydrogens (tertiary/aromatic N) is 2. The maximum Gasteiger partial charge on any atom is 0.226 e. The second-order valence-electron chi connectivity index (χ2n) is 7.02. The third kappa shape index (κ3) is 2.63. The maximum absolute atomic E-state index is 12.4. The molecule has 0 N–H and O–H groups in total. The summed E-state index contributed by atoms with van der Waals surface area (Å²) in [5, 5.41) is 0. The molecule has 2 amide bonds. The average molecular weight is 264 g/mol. The summed E-state index contributed by atoms with van der Waals surface area (Å²) in [7, 11) is 0. The van der Waals surface area contributed by atoms with Crippen molar-refractivity contribution in [1.29, 1.82) is 0 Å². The van der Waals surface area contributed by atoms with Gasteiger partial charge in [0.25, 0.3) is 0 Å². The molecule has 1 aliphatic heterocycles. The summed E-state index contributed by atoms with van der Waals surface area (Å²) in [6.45, 7) is 7.43. The molecular formula is C15H24N2O2. The Kier molecular flexibility index (Phi) is 3.06. The molecule has 4 heteroatoms. The highest BCUT2D eigenvalue weighted by atomic mass is 16.2. The maximum atomic E-state index is 12.4. The second kappa shape index (κ2) is 4.50. The number of carbonyl (C=O) groups excluding carboxylic acids is 2. The van der Waals surface area contributed by atoms with Crippen LogP contribution in [0.3, 0.4) is 0 Å². The molecule has 1 saturated heterocycles. The van der Waals surface area contributed by atoms with Gasteiger partial charge in [-0.25, -0.2) is 0 Å². The van der Waals surface area contributed by atoms with E-state index in [0.29, 0.717) is 17.7 Å². The first-order valence-corrected chi connectivity index (χ1v) is 7.56. The number of carbonyl (C=O) groups is 2. The van der Waals surface area contributed by atoms with E-state index in [1.807, 2.05) is 9.80 Å². The zero-order chi connectivity index (χ0) is 13.6. The smallest absolute Gasteiger partial charge is 0.226 e. The molecule has 0 unspecified atom stereocenters. The van der Waals surface area contributed by atoms with E-state index in [9.17, 15) is 9.59 Å². The van der Waals surface area contributed by atoms with E-state index >= 15 is 0 Å². The van der Waals surface area contributed by atoms with Gasteiger partial charge in [-0.05, 0) is 31.1 Å². The van der Waals surface area contributed by atoms with Gasteiger partial charge in [0.2, 0.25) is 11.8 Å². The first kappa shape index (κ1) is 12.9. The first-order valence-electron chi connectivity index (χ1n) is 7.56. The van der Waals surface area contributed by atoms with Crippen molar-refractivity contribution < 1.29 is 9.59 Å². The summed E-state index contributed by atoms with van der Waals surface area (Å²) in [4.78, 5) is 28.4. The monoisotopic (exact) mass is 264 g/mol. The largest absolute Gasteiger partial charge is 0.341 e. The fraction of sp³-hybridized carbons (Fsp3) is 0.867. The molecule has 0 aromatic rings. The van der Waals surface area contributed by atoms with Crippen LogP contribution in [-0.2, 0) is 9.59 Å². The van der Waals surface area contributed by atoms with Gasteiger partial charge in [0.1, 0.15) is 0 Å². The highest BCUT2D eigenvalue weighted by molar-refractivity contribution is 5.83. The molecule has 1 atom stereocenters. The van der Waals surface area contributed by atoms with Crippen LogP contribution in [0, 0.1) is 17.3 Å². The summed E-state index contributed by atoms with van der Waals surface area (Å²) in [6.07, 6.45) is 4.08. The Labute approximate surface area is 115 Å². The standard InChI is InChI=1S/C15H24N2O2/c1-15(2)10-12(15)14(19)17-7-3-6-16(8-9-17)13(18)11-4-5-11/h11-12H,3-10H2,1-2H3/t12-/m1/s1. The van der Waals surface area contributed by atoms with Gasteiger partial charge in [-0.15, -0.1) is 0 Å². The van der Waals surface area contributed by atoms with Crippen molar-refractivity contribution in [3.63, 3.8) is 0 Å². The van der Waals surface area contributed by atoms with Gasteiger partial charge in [0.15, 0.2) is 0 Å². The fourth-order valence-corrected chi connectivity index (χ4v) is 3.06. The minimum atomic E-state index is 0.201. The molecule has 0 aromatic carbocycles. The van der Waals surface area contributed by atoms with E-state index in [0.717, 1.165) is 51.9 Å². The van der Waals surface area contributed by atoms with Crippen LogP contribution in [0.2, 0.25) is 0 Å². The lowest BCUT2D eigenvalue weighted by atomic mass is 10.1. The highest BCUT2D eigenvalue weighted by Gasteiger charge is 2.52. The van der Waals surface area contributed by atoms with Crippen LogP contribution >= 0.6 is 0 Å². The third-order valence-corrected chi connectivity index (χ3v) is 4.86. The van der Waals surface area contributed by atoms with Crippen LogP contribution in [0.5, 0.6) is 0 Å². The molecule has 3 fully saturated rings. The number of rotatable bonds is 2. The van der Waals surface area contributed by atoms with Crippen molar-refractivity contribution in [1.82, 2.24) is 9.80 Å². The van der Waals surface area contributed by atoms with Gasteiger partial charge in [-0.2, -0.15) is 0 Å². The van der Waals surface area contributed by atoms with Gasteiger partial charge < -0.3 is 9.80 Å².